The van der Waals surface area contributed by atoms with Gasteiger partial charge in [0.1, 0.15) is 6.61 Å². The summed E-state index contributed by atoms with van der Waals surface area (Å²) in [6.45, 7) is 0.149. The van der Waals surface area contributed by atoms with Crippen molar-refractivity contribution in [3.8, 4) is 11.5 Å². The van der Waals surface area contributed by atoms with E-state index in [1.165, 1.54) is 7.11 Å². The summed E-state index contributed by atoms with van der Waals surface area (Å²) in [5.41, 5.74) is 0.508. The van der Waals surface area contributed by atoms with Crippen molar-refractivity contribution in [1.82, 2.24) is 5.32 Å². The van der Waals surface area contributed by atoms with Crippen molar-refractivity contribution in [3.63, 3.8) is 0 Å². The zero-order valence-electron chi connectivity index (χ0n) is 13.1. The lowest BCUT2D eigenvalue weighted by molar-refractivity contribution is -0.121. The molecule has 0 heterocycles. The lowest BCUT2D eigenvalue weighted by atomic mass is 10.1. The minimum Gasteiger partial charge on any atom is -0.493 e. The fraction of sp³-hybridized carbons (Fsp3) is 0.500. The number of aliphatic hydroxyl groups excluding tert-OH is 1. The van der Waals surface area contributed by atoms with Crippen LogP contribution in [0, 0.1) is 0 Å². The first-order chi connectivity index (χ1) is 10.6. The molecule has 1 aromatic rings. The van der Waals surface area contributed by atoms with Crippen molar-refractivity contribution < 1.29 is 24.2 Å². The SMILES string of the molecule is COc1ccc(C(=O)NCCCCCC(=O)CO)cc1OC. The highest BCUT2D eigenvalue weighted by Crippen LogP contribution is 2.27. The molecule has 1 amide bonds. The molecule has 6 nitrogen and oxygen atoms in total. The Morgan fingerprint density at radius 3 is 2.45 bits per heavy atom. The van der Waals surface area contributed by atoms with Crippen LogP contribution in [0.5, 0.6) is 11.5 Å². The molecule has 0 saturated heterocycles. The number of Topliss-reactive ketones (excluding diaryl/α,β-unsaturated/α-hetero) is 1. The summed E-state index contributed by atoms with van der Waals surface area (Å²) in [6.07, 6.45) is 2.74. The van der Waals surface area contributed by atoms with Crippen LogP contribution in [0.2, 0.25) is 0 Å². The van der Waals surface area contributed by atoms with Crippen LogP contribution in [0.3, 0.4) is 0 Å². The summed E-state index contributed by atoms with van der Waals surface area (Å²) in [4.78, 5) is 22.9. The highest BCUT2D eigenvalue weighted by molar-refractivity contribution is 5.94. The van der Waals surface area contributed by atoms with E-state index in [0.717, 1.165) is 19.3 Å². The predicted molar refractivity (Wildman–Crippen MR) is 82.4 cm³/mol. The number of hydrogen-bond donors (Lipinski definition) is 2. The summed E-state index contributed by atoms with van der Waals surface area (Å²) >= 11 is 0. The first-order valence-electron chi connectivity index (χ1n) is 7.25. The van der Waals surface area contributed by atoms with Crippen LogP contribution in [0.15, 0.2) is 18.2 Å². The number of carbonyl (C=O) groups is 2. The monoisotopic (exact) mass is 309 g/mol. The number of aliphatic hydroxyl groups is 1. The summed E-state index contributed by atoms with van der Waals surface area (Å²) in [5, 5.41) is 11.4. The van der Waals surface area contributed by atoms with Gasteiger partial charge in [-0.3, -0.25) is 9.59 Å². The molecule has 0 spiro atoms. The van der Waals surface area contributed by atoms with Gasteiger partial charge in [-0.25, -0.2) is 0 Å². The average Bonchev–Trinajstić information content (AvgIpc) is 2.56. The van der Waals surface area contributed by atoms with Crippen molar-refractivity contribution in [3.05, 3.63) is 23.8 Å². The fourth-order valence-corrected chi connectivity index (χ4v) is 1.98. The van der Waals surface area contributed by atoms with Gasteiger partial charge >= 0.3 is 0 Å². The van der Waals surface area contributed by atoms with E-state index in [4.69, 9.17) is 14.6 Å². The molecule has 0 unspecified atom stereocenters. The quantitative estimate of drug-likeness (QED) is 0.641. The molecule has 0 atom stereocenters. The molecular formula is C16H23NO5. The van der Waals surface area contributed by atoms with E-state index in [1.54, 1.807) is 25.3 Å². The van der Waals surface area contributed by atoms with Crippen molar-refractivity contribution in [2.24, 2.45) is 0 Å². The number of carbonyl (C=O) groups excluding carboxylic acids is 2. The van der Waals surface area contributed by atoms with E-state index in [2.05, 4.69) is 5.32 Å². The fourth-order valence-electron chi connectivity index (χ4n) is 1.98. The summed E-state index contributed by atoms with van der Waals surface area (Å²) in [6, 6.07) is 5.00. The molecule has 6 heteroatoms. The molecule has 0 bridgehead atoms. The Morgan fingerprint density at radius 2 is 1.82 bits per heavy atom. The van der Waals surface area contributed by atoms with Gasteiger partial charge in [0.05, 0.1) is 14.2 Å². The van der Waals surface area contributed by atoms with E-state index in [-0.39, 0.29) is 11.7 Å². The standard InChI is InChI=1S/C16H23NO5/c1-21-14-8-7-12(10-15(14)22-2)16(20)17-9-5-3-4-6-13(19)11-18/h7-8,10,18H,3-6,9,11H2,1-2H3,(H,17,20). The largest absolute Gasteiger partial charge is 0.493 e. The molecule has 1 aromatic carbocycles. The highest BCUT2D eigenvalue weighted by Gasteiger charge is 2.10. The topological polar surface area (TPSA) is 84.9 Å². The molecule has 0 aliphatic carbocycles. The smallest absolute Gasteiger partial charge is 0.251 e. The third-order valence-corrected chi connectivity index (χ3v) is 3.24. The molecule has 0 saturated carbocycles. The molecular weight excluding hydrogens is 286 g/mol. The highest BCUT2D eigenvalue weighted by atomic mass is 16.5. The van der Waals surface area contributed by atoms with Crippen LogP contribution >= 0.6 is 0 Å². The number of nitrogens with one attached hydrogen (secondary N) is 1. The van der Waals surface area contributed by atoms with E-state index in [9.17, 15) is 9.59 Å². The number of rotatable bonds is 10. The Bertz CT molecular complexity index is 501. The zero-order chi connectivity index (χ0) is 16.4. The van der Waals surface area contributed by atoms with Crippen molar-refractivity contribution in [1.29, 1.82) is 0 Å². The van der Waals surface area contributed by atoms with Crippen LogP contribution in [0.25, 0.3) is 0 Å². The Balaban J connectivity index is 2.35. The number of benzene rings is 1. The molecule has 0 aliphatic heterocycles. The Kier molecular flexibility index (Phi) is 7.99. The predicted octanol–water partition coefficient (Wildman–Crippen LogP) is 1.56. The van der Waals surface area contributed by atoms with E-state index in [0.29, 0.717) is 30.0 Å². The van der Waals surface area contributed by atoms with Crippen LogP contribution in [-0.2, 0) is 4.79 Å². The van der Waals surface area contributed by atoms with Crippen molar-refractivity contribution >= 4 is 11.7 Å². The number of amides is 1. The average molecular weight is 309 g/mol. The lowest BCUT2D eigenvalue weighted by Crippen LogP contribution is -2.24. The molecule has 0 fully saturated rings. The zero-order valence-corrected chi connectivity index (χ0v) is 13.1. The second kappa shape index (κ2) is 9.78. The molecule has 0 radical (unpaired) electrons. The first-order valence-corrected chi connectivity index (χ1v) is 7.25. The van der Waals surface area contributed by atoms with E-state index >= 15 is 0 Å². The molecule has 122 valence electrons. The Labute approximate surface area is 130 Å². The number of methoxy groups -OCH3 is 2. The number of hydrogen-bond acceptors (Lipinski definition) is 5. The van der Waals surface area contributed by atoms with Crippen LogP contribution < -0.4 is 14.8 Å². The number of ketones is 1. The van der Waals surface area contributed by atoms with Gasteiger partial charge in [0, 0.05) is 18.5 Å². The van der Waals surface area contributed by atoms with Crippen LogP contribution in [-0.4, -0.2) is 44.2 Å². The maximum atomic E-state index is 12.0. The maximum Gasteiger partial charge on any atom is 0.251 e. The minimum atomic E-state index is -0.393. The summed E-state index contributed by atoms with van der Waals surface area (Å²) < 4.78 is 10.3. The summed E-state index contributed by atoms with van der Waals surface area (Å²) in [7, 11) is 3.06. The molecule has 2 N–H and O–H groups in total. The maximum absolute atomic E-state index is 12.0. The third-order valence-electron chi connectivity index (χ3n) is 3.24. The van der Waals surface area contributed by atoms with E-state index < -0.39 is 6.61 Å². The molecule has 0 aromatic heterocycles. The molecule has 1 rings (SSSR count). The summed E-state index contributed by atoms with van der Waals surface area (Å²) in [5.74, 6) is 0.770. The van der Waals surface area contributed by atoms with Crippen molar-refractivity contribution in [2.75, 3.05) is 27.4 Å². The molecule has 0 aliphatic rings. The van der Waals surface area contributed by atoms with Crippen LogP contribution in [0.1, 0.15) is 36.0 Å². The van der Waals surface area contributed by atoms with Gasteiger partial charge < -0.3 is 19.9 Å². The normalized spacial score (nSPS) is 10.1. The van der Waals surface area contributed by atoms with Crippen molar-refractivity contribution in [2.45, 2.75) is 25.7 Å². The lowest BCUT2D eigenvalue weighted by Gasteiger charge is -2.10. The number of ether oxygens (including phenoxy) is 2. The van der Waals surface area contributed by atoms with Gasteiger partial charge in [-0.1, -0.05) is 6.42 Å². The minimum absolute atomic E-state index is 0.144. The third kappa shape index (κ3) is 5.73. The van der Waals surface area contributed by atoms with Gasteiger partial charge in [-0.2, -0.15) is 0 Å². The van der Waals surface area contributed by atoms with Gasteiger partial charge in [0.25, 0.3) is 5.91 Å². The van der Waals surface area contributed by atoms with Gasteiger partial charge in [0.15, 0.2) is 17.3 Å². The van der Waals surface area contributed by atoms with Gasteiger partial charge in [-0.15, -0.1) is 0 Å². The van der Waals surface area contributed by atoms with E-state index in [1.807, 2.05) is 0 Å². The second-order valence-corrected chi connectivity index (χ2v) is 4.83. The first kappa shape index (κ1) is 18.0. The van der Waals surface area contributed by atoms with Gasteiger partial charge in [0.2, 0.25) is 0 Å². The Hall–Kier alpha value is -2.08. The van der Waals surface area contributed by atoms with Gasteiger partial charge in [-0.05, 0) is 31.0 Å². The molecule has 22 heavy (non-hydrogen) atoms. The number of unbranched alkanes of at least 4 members (excludes halogenated alkanes) is 2. The van der Waals surface area contributed by atoms with Crippen LogP contribution in [0.4, 0.5) is 0 Å². The second-order valence-electron chi connectivity index (χ2n) is 4.83. The Morgan fingerprint density at radius 1 is 1.09 bits per heavy atom.